The summed E-state index contributed by atoms with van der Waals surface area (Å²) in [5, 5.41) is 0. The van der Waals surface area contributed by atoms with E-state index in [2.05, 4.69) is 31.9 Å². The van der Waals surface area contributed by atoms with E-state index in [1.807, 2.05) is 6.92 Å². The van der Waals surface area contributed by atoms with E-state index in [1.54, 1.807) is 12.1 Å². The van der Waals surface area contributed by atoms with E-state index < -0.39 is 0 Å². The molecule has 0 N–H and O–H groups in total. The van der Waals surface area contributed by atoms with Gasteiger partial charge in [-0.3, -0.25) is 0 Å². The summed E-state index contributed by atoms with van der Waals surface area (Å²) in [5.74, 6) is -0.245. The molecule has 0 aliphatic carbocycles. The minimum atomic E-state index is -0.245. The molecule has 0 saturated heterocycles. The fourth-order valence-corrected chi connectivity index (χ4v) is 2.10. The van der Waals surface area contributed by atoms with Crippen LogP contribution in [0.15, 0.2) is 21.1 Å². The molecule has 1 aromatic rings. The highest BCUT2D eigenvalue weighted by molar-refractivity contribution is 9.11. The Morgan fingerprint density at radius 1 is 1.18 bits per heavy atom. The van der Waals surface area contributed by atoms with Crippen LogP contribution in [0.25, 0.3) is 0 Å². The van der Waals surface area contributed by atoms with Gasteiger partial charge < -0.3 is 0 Å². The summed E-state index contributed by atoms with van der Waals surface area (Å²) in [6, 6.07) is 3.47. The van der Waals surface area contributed by atoms with Gasteiger partial charge in [-0.05, 0) is 56.5 Å². The minimum Gasteiger partial charge on any atom is -0.205 e. The van der Waals surface area contributed by atoms with Crippen molar-refractivity contribution in [1.29, 1.82) is 0 Å². The fourth-order valence-electron chi connectivity index (χ4n) is 0.682. The predicted molar refractivity (Wildman–Crippen MR) is 53.3 cm³/mol. The second-order valence-electron chi connectivity index (χ2n) is 2.04. The molecular formula is C8H9Br2F. The summed E-state index contributed by atoms with van der Waals surface area (Å²) < 4.78 is 13.8. The van der Waals surface area contributed by atoms with Crippen molar-refractivity contribution >= 4 is 31.9 Å². The quantitative estimate of drug-likeness (QED) is 0.623. The zero-order chi connectivity index (χ0) is 7.72. The largest absolute Gasteiger partial charge is 0.205 e. The first-order valence-electron chi connectivity index (χ1n) is 2.72. The van der Waals surface area contributed by atoms with E-state index in [4.69, 9.17) is 0 Å². The van der Waals surface area contributed by atoms with Gasteiger partial charge in [0, 0.05) is 0 Å². The van der Waals surface area contributed by atoms with Crippen LogP contribution in [0.2, 0.25) is 0 Å². The molecule has 0 saturated carbocycles. The van der Waals surface area contributed by atoms with Gasteiger partial charge in [-0.2, -0.15) is 0 Å². The summed E-state index contributed by atoms with van der Waals surface area (Å²) in [6.45, 7) is 1.91. The third-order valence-corrected chi connectivity index (χ3v) is 2.28. The minimum absolute atomic E-state index is 0. The lowest BCUT2D eigenvalue weighted by molar-refractivity contribution is 0.614. The molecule has 0 fully saturated rings. The van der Waals surface area contributed by atoms with E-state index >= 15 is 0 Å². The van der Waals surface area contributed by atoms with E-state index in [0.717, 1.165) is 5.56 Å². The highest BCUT2D eigenvalue weighted by Crippen LogP contribution is 2.24. The average Bonchev–Trinajstić information content (AvgIpc) is 1.82. The molecule has 62 valence electrons. The Bertz CT molecular complexity index is 235. The van der Waals surface area contributed by atoms with Crippen LogP contribution in [-0.2, 0) is 0 Å². The molecule has 1 rings (SSSR count). The van der Waals surface area contributed by atoms with Crippen molar-refractivity contribution in [2.24, 2.45) is 0 Å². The smallest absolute Gasteiger partial charge is 0.151 e. The van der Waals surface area contributed by atoms with Crippen LogP contribution in [0.1, 0.15) is 13.0 Å². The zero-order valence-electron chi connectivity index (χ0n) is 5.29. The fraction of sp³-hybridized carbons (Fsp3) is 0.250. The molecule has 0 bridgehead atoms. The molecule has 11 heavy (non-hydrogen) atoms. The first kappa shape index (κ1) is 11.1. The van der Waals surface area contributed by atoms with Crippen molar-refractivity contribution in [1.82, 2.24) is 0 Å². The molecule has 1 aromatic carbocycles. The van der Waals surface area contributed by atoms with Crippen LogP contribution in [0.5, 0.6) is 0 Å². The van der Waals surface area contributed by atoms with Crippen molar-refractivity contribution in [2.45, 2.75) is 14.4 Å². The first-order chi connectivity index (χ1) is 4.61. The topological polar surface area (TPSA) is 0 Å². The van der Waals surface area contributed by atoms with Gasteiger partial charge in [0.1, 0.15) is 0 Å². The van der Waals surface area contributed by atoms with Crippen molar-refractivity contribution in [3.63, 3.8) is 0 Å². The van der Waals surface area contributed by atoms with Gasteiger partial charge in [0.2, 0.25) is 0 Å². The van der Waals surface area contributed by atoms with E-state index in [-0.39, 0.29) is 13.2 Å². The second-order valence-corrected chi connectivity index (χ2v) is 3.75. The highest BCUT2D eigenvalue weighted by atomic mass is 79.9. The standard InChI is InChI=1S/C7H5Br2F.CH4/c1-4-2-5(8)7(10)6(9)3-4;/h2-3H,1H3;1H4. The molecule has 0 unspecified atom stereocenters. The summed E-state index contributed by atoms with van der Waals surface area (Å²) in [7, 11) is 0. The van der Waals surface area contributed by atoms with E-state index in [0.29, 0.717) is 8.95 Å². The molecule has 0 spiro atoms. The summed E-state index contributed by atoms with van der Waals surface area (Å²) >= 11 is 6.18. The number of rotatable bonds is 0. The zero-order valence-corrected chi connectivity index (χ0v) is 8.46. The number of hydrogen-bond acceptors (Lipinski definition) is 0. The summed E-state index contributed by atoms with van der Waals surface area (Å²) in [6.07, 6.45) is 0. The normalized spacial score (nSPS) is 9.09. The highest BCUT2D eigenvalue weighted by Gasteiger charge is 2.03. The third-order valence-electron chi connectivity index (χ3n) is 1.13. The average molecular weight is 284 g/mol. The first-order valence-corrected chi connectivity index (χ1v) is 4.31. The molecule has 0 atom stereocenters. The van der Waals surface area contributed by atoms with Gasteiger partial charge >= 0.3 is 0 Å². The lowest BCUT2D eigenvalue weighted by Gasteiger charge is -1.98. The lowest BCUT2D eigenvalue weighted by atomic mass is 10.2. The second kappa shape index (κ2) is 4.21. The van der Waals surface area contributed by atoms with Crippen molar-refractivity contribution in [2.75, 3.05) is 0 Å². The number of benzene rings is 1. The monoisotopic (exact) mass is 282 g/mol. The number of aryl methyl sites for hydroxylation is 1. The molecule has 0 aromatic heterocycles. The Morgan fingerprint density at radius 2 is 1.55 bits per heavy atom. The molecule has 0 amide bonds. The van der Waals surface area contributed by atoms with Crippen LogP contribution in [0.3, 0.4) is 0 Å². The Morgan fingerprint density at radius 3 is 1.91 bits per heavy atom. The van der Waals surface area contributed by atoms with Crippen LogP contribution < -0.4 is 0 Å². The Balaban J connectivity index is 0.000001000. The van der Waals surface area contributed by atoms with Crippen LogP contribution in [-0.4, -0.2) is 0 Å². The maximum Gasteiger partial charge on any atom is 0.151 e. The molecule has 0 aliphatic rings. The van der Waals surface area contributed by atoms with Crippen LogP contribution in [0.4, 0.5) is 4.39 Å². The maximum atomic E-state index is 12.8. The summed E-state index contributed by atoms with van der Waals surface area (Å²) in [5.41, 5.74) is 1.03. The van der Waals surface area contributed by atoms with Crippen molar-refractivity contribution < 1.29 is 4.39 Å². The lowest BCUT2D eigenvalue weighted by Crippen LogP contribution is -1.81. The van der Waals surface area contributed by atoms with E-state index in [9.17, 15) is 4.39 Å². The molecule has 0 aliphatic heterocycles. The van der Waals surface area contributed by atoms with Gasteiger partial charge in [-0.15, -0.1) is 0 Å². The summed E-state index contributed by atoms with van der Waals surface area (Å²) in [4.78, 5) is 0. The van der Waals surface area contributed by atoms with Gasteiger partial charge in [-0.1, -0.05) is 7.43 Å². The third kappa shape index (κ3) is 2.56. The Hall–Kier alpha value is 0.110. The predicted octanol–water partition coefficient (Wildman–Crippen LogP) is 4.30. The number of hydrogen-bond donors (Lipinski definition) is 0. The molecule has 0 heterocycles. The molecule has 3 heteroatoms. The molecular weight excluding hydrogens is 275 g/mol. The van der Waals surface area contributed by atoms with Crippen molar-refractivity contribution in [3.8, 4) is 0 Å². The van der Waals surface area contributed by atoms with Crippen LogP contribution >= 0.6 is 31.9 Å². The van der Waals surface area contributed by atoms with Crippen LogP contribution in [0, 0.1) is 12.7 Å². The van der Waals surface area contributed by atoms with E-state index in [1.165, 1.54) is 0 Å². The van der Waals surface area contributed by atoms with Gasteiger partial charge in [-0.25, -0.2) is 4.39 Å². The SMILES string of the molecule is C.Cc1cc(Br)c(F)c(Br)c1. The van der Waals surface area contributed by atoms with Crippen molar-refractivity contribution in [3.05, 3.63) is 32.5 Å². The maximum absolute atomic E-state index is 12.8. The molecule has 0 nitrogen and oxygen atoms in total. The molecule has 0 radical (unpaired) electrons. The van der Waals surface area contributed by atoms with Gasteiger partial charge in [0.15, 0.2) is 5.82 Å². The number of halogens is 3. The Labute approximate surface area is 83.1 Å². The Kier molecular flexibility index (Phi) is 4.26. The van der Waals surface area contributed by atoms with Gasteiger partial charge in [0.05, 0.1) is 8.95 Å². The van der Waals surface area contributed by atoms with Gasteiger partial charge in [0.25, 0.3) is 0 Å².